The van der Waals surface area contributed by atoms with Crippen molar-refractivity contribution in [1.29, 1.82) is 0 Å². The number of allylic oxidation sites excluding steroid dienone is 1. The van der Waals surface area contributed by atoms with Crippen molar-refractivity contribution in [3.63, 3.8) is 0 Å². The molecule has 3 aliphatic rings. The molecule has 0 saturated heterocycles. The molecule has 0 fully saturated rings. The summed E-state index contributed by atoms with van der Waals surface area (Å²) >= 11 is 9.56. The van der Waals surface area contributed by atoms with E-state index in [1.54, 1.807) is 21.0 Å². The maximum Gasteiger partial charge on any atom is 0.255 e. The Morgan fingerprint density at radius 3 is 2.47 bits per heavy atom. The van der Waals surface area contributed by atoms with E-state index in [-0.39, 0.29) is 34.7 Å². The number of nitrogens with one attached hydrogen (secondary N) is 1. The van der Waals surface area contributed by atoms with Crippen molar-refractivity contribution < 1.29 is 39.6 Å². The zero-order valence-corrected chi connectivity index (χ0v) is 23.1. The first-order chi connectivity index (χ1) is 17.7. The maximum absolute atomic E-state index is 13.7. The molecule has 2 amide bonds. The summed E-state index contributed by atoms with van der Waals surface area (Å²) in [6.07, 6.45) is 0.492. The molecule has 0 spiro atoms. The minimum Gasteiger partial charge on any atom is -0.510 e. The monoisotopic (exact) mass is 611 g/mol. The minimum absolute atomic E-state index is 0.00661. The Labute approximate surface area is 231 Å². The number of primary amides is 1. The molecule has 0 saturated carbocycles. The van der Waals surface area contributed by atoms with Gasteiger partial charge in [-0.25, -0.2) is 0 Å². The summed E-state index contributed by atoms with van der Waals surface area (Å²) in [6.45, 7) is 1.76. The van der Waals surface area contributed by atoms with Gasteiger partial charge >= 0.3 is 0 Å². The molecular formula is C25H27BrClN3O8. The third-order valence-corrected chi connectivity index (χ3v) is 8.92. The van der Waals surface area contributed by atoms with Gasteiger partial charge in [0, 0.05) is 11.5 Å². The molecule has 1 aromatic carbocycles. The summed E-state index contributed by atoms with van der Waals surface area (Å²) in [4.78, 5) is 52.4. The molecule has 11 nitrogen and oxygen atoms in total. The number of phenols is 1. The molecule has 38 heavy (non-hydrogen) atoms. The highest BCUT2D eigenvalue weighted by atomic mass is 79.9. The Morgan fingerprint density at radius 1 is 1.29 bits per heavy atom. The zero-order chi connectivity index (χ0) is 28.4. The highest BCUT2D eigenvalue weighted by Gasteiger charge is 2.63. The molecule has 0 radical (unpaired) electrons. The van der Waals surface area contributed by atoms with Gasteiger partial charge in [0.2, 0.25) is 11.7 Å². The maximum atomic E-state index is 13.7. The molecule has 0 bridgehead atoms. The average molecular weight is 613 g/mol. The van der Waals surface area contributed by atoms with Crippen LogP contribution in [0.25, 0.3) is 0 Å². The van der Waals surface area contributed by atoms with Crippen molar-refractivity contribution in [2.45, 2.75) is 42.7 Å². The third kappa shape index (κ3) is 3.93. The van der Waals surface area contributed by atoms with Crippen LogP contribution in [0.2, 0.25) is 5.02 Å². The van der Waals surface area contributed by atoms with Crippen molar-refractivity contribution in [2.24, 2.45) is 17.6 Å². The Kier molecular flexibility index (Phi) is 7.15. The van der Waals surface area contributed by atoms with Gasteiger partial charge in [0.1, 0.15) is 22.8 Å². The van der Waals surface area contributed by atoms with E-state index in [0.717, 1.165) is 0 Å². The lowest BCUT2D eigenvalue weighted by molar-refractivity contribution is -0.148. The van der Waals surface area contributed by atoms with Crippen LogP contribution < -0.4 is 11.1 Å². The Bertz CT molecular complexity index is 1360. The second kappa shape index (κ2) is 9.67. The van der Waals surface area contributed by atoms with Crippen LogP contribution in [-0.4, -0.2) is 79.3 Å². The molecule has 7 N–H and O–H groups in total. The summed E-state index contributed by atoms with van der Waals surface area (Å²) in [5.41, 5.74) is 1.32. The molecule has 204 valence electrons. The number of likely N-dealkylation sites (N-methyl/N-ethyl adjacent to an activating group) is 1. The summed E-state index contributed by atoms with van der Waals surface area (Å²) in [6, 6.07) is 0.358. The number of nitrogens with two attached hydrogens (primary N) is 1. The fraction of sp³-hybridized carbons (Fsp3) is 0.440. The van der Waals surface area contributed by atoms with E-state index in [9.17, 15) is 39.6 Å². The van der Waals surface area contributed by atoms with E-state index in [1.165, 1.54) is 11.0 Å². The van der Waals surface area contributed by atoms with Gasteiger partial charge < -0.3 is 31.5 Å². The lowest BCUT2D eigenvalue weighted by Crippen LogP contribution is -2.63. The van der Waals surface area contributed by atoms with Gasteiger partial charge in [0.25, 0.3) is 5.91 Å². The normalized spacial score (nSPS) is 27.6. The van der Waals surface area contributed by atoms with E-state index in [4.69, 9.17) is 17.3 Å². The molecule has 0 aromatic heterocycles. The van der Waals surface area contributed by atoms with Crippen LogP contribution >= 0.6 is 27.5 Å². The number of carbonyl (C=O) groups is 4. The van der Waals surface area contributed by atoms with E-state index in [1.807, 2.05) is 0 Å². The van der Waals surface area contributed by atoms with Gasteiger partial charge in [-0.3, -0.25) is 24.1 Å². The third-order valence-electron chi connectivity index (χ3n) is 7.56. The molecule has 1 aromatic rings. The quantitative estimate of drug-likeness (QED) is 0.164. The summed E-state index contributed by atoms with van der Waals surface area (Å²) in [5.74, 6) is -8.06. The predicted molar refractivity (Wildman–Crippen MR) is 140 cm³/mol. The summed E-state index contributed by atoms with van der Waals surface area (Å²) in [5, 5.41) is 47.2. The number of carbonyl (C=O) groups excluding carboxylic acids is 4. The van der Waals surface area contributed by atoms with Gasteiger partial charge in [-0.1, -0.05) is 34.5 Å². The highest BCUT2D eigenvalue weighted by molar-refractivity contribution is 9.10. The molecule has 4 rings (SSSR count). The number of hydrogen-bond acceptors (Lipinski definition) is 9. The number of phenolic OH excluding ortho intramolecular Hbond substituents is 1. The second-order valence-electron chi connectivity index (χ2n) is 9.94. The van der Waals surface area contributed by atoms with E-state index >= 15 is 0 Å². The molecule has 3 aliphatic carbocycles. The van der Waals surface area contributed by atoms with Crippen LogP contribution in [0.5, 0.6) is 5.75 Å². The topological polar surface area (TPSA) is 190 Å². The fourth-order valence-corrected chi connectivity index (χ4v) is 6.16. The van der Waals surface area contributed by atoms with Gasteiger partial charge in [-0.15, -0.1) is 0 Å². The van der Waals surface area contributed by atoms with Crippen molar-refractivity contribution in [2.75, 3.05) is 19.4 Å². The number of fused-ring (bicyclic) bond motifs is 3. The number of aliphatic hydroxyl groups is 3. The Morgan fingerprint density at radius 2 is 1.92 bits per heavy atom. The second-order valence-corrected chi connectivity index (χ2v) is 11.5. The zero-order valence-electron chi connectivity index (χ0n) is 20.7. The number of alkyl halides is 1. The Balaban J connectivity index is 1.89. The number of aromatic hydroxyl groups is 1. The van der Waals surface area contributed by atoms with Crippen molar-refractivity contribution in [3.8, 4) is 5.75 Å². The number of Topliss-reactive ketones (excluding diaryl/α,β-unsaturated/α-hetero) is 2. The first-order valence-electron chi connectivity index (χ1n) is 11.8. The first-order valence-corrected chi connectivity index (χ1v) is 13.1. The number of anilines is 1. The Hall–Kier alpha value is -2.93. The SMILES string of the molecule is CCC(Br)C(=O)Nc1c(Cl)cc2c(c1O)C(=O)C1=C(O)[C@]3(O)C(=O)C(C(N)=O)=C(O)[C@@H](N(C)C)C3CC1C2. The van der Waals surface area contributed by atoms with Crippen molar-refractivity contribution >= 4 is 56.6 Å². The van der Waals surface area contributed by atoms with E-state index in [0.29, 0.717) is 12.0 Å². The van der Waals surface area contributed by atoms with Crippen LogP contribution in [0.4, 0.5) is 5.69 Å². The number of rotatable bonds is 5. The number of halogens is 2. The number of hydrogen-bond donors (Lipinski definition) is 6. The molecule has 3 unspecified atom stereocenters. The van der Waals surface area contributed by atoms with Crippen molar-refractivity contribution in [1.82, 2.24) is 4.90 Å². The van der Waals surface area contributed by atoms with Gasteiger partial charge in [-0.2, -0.15) is 0 Å². The van der Waals surface area contributed by atoms with E-state index < -0.39 is 74.5 Å². The largest absolute Gasteiger partial charge is 0.510 e. The molecular weight excluding hydrogens is 586 g/mol. The summed E-state index contributed by atoms with van der Waals surface area (Å²) < 4.78 is 0. The number of aliphatic hydroxyl groups excluding tert-OH is 2. The average Bonchev–Trinajstić information content (AvgIpc) is 2.82. The smallest absolute Gasteiger partial charge is 0.255 e. The summed E-state index contributed by atoms with van der Waals surface area (Å²) in [7, 11) is 3.11. The minimum atomic E-state index is -2.73. The van der Waals surface area contributed by atoms with Crippen molar-refractivity contribution in [3.05, 3.63) is 44.9 Å². The number of ketones is 2. The lowest BCUT2D eigenvalue weighted by Gasteiger charge is -2.50. The van der Waals surface area contributed by atoms with Crippen LogP contribution in [0.1, 0.15) is 35.7 Å². The fourth-order valence-electron chi connectivity index (χ4n) is 5.78. The van der Waals surface area contributed by atoms with Crippen LogP contribution in [0.3, 0.4) is 0 Å². The van der Waals surface area contributed by atoms with Crippen LogP contribution in [0, 0.1) is 11.8 Å². The molecule has 13 heteroatoms. The van der Waals surface area contributed by atoms with Crippen LogP contribution in [0.15, 0.2) is 28.7 Å². The molecule has 0 heterocycles. The predicted octanol–water partition coefficient (Wildman–Crippen LogP) is 1.89. The number of amides is 2. The van der Waals surface area contributed by atoms with Gasteiger partial charge in [-0.05, 0) is 50.9 Å². The molecule has 5 atom stereocenters. The standard InChI is InChI=1S/C25H27BrClN3O8/c1-4-11(26)24(37)29-16-12(27)7-9-5-8-6-10-17(30(2)3)20(33)15(23(28)36)22(35)25(10,38)21(34)14(8)18(31)13(9)19(16)32/h7-8,10-11,17,32-34,38H,4-6H2,1-3H3,(H2,28,36)(H,29,37)/t8?,10?,11?,17-,25-/m0/s1. The van der Waals surface area contributed by atoms with Gasteiger partial charge in [0.05, 0.1) is 21.5 Å². The van der Waals surface area contributed by atoms with E-state index in [2.05, 4.69) is 21.2 Å². The lowest BCUT2D eigenvalue weighted by atomic mass is 9.58. The highest BCUT2D eigenvalue weighted by Crippen LogP contribution is 2.53. The number of benzene rings is 1. The van der Waals surface area contributed by atoms with Crippen LogP contribution in [-0.2, 0) is 20.8 Å². The van der Waals surface area contributed by atoms with Gasteiger partial charge in [0.15, 0.2) is 17.1 Å². The first kappa shape index (κ1) is 28.1. The molecule has 0 aliphatic heterocycles. The number of nitrogens with zero attached hydrogens (tertiary/aromatic N) is 1.